The predicted molar refractivity (Wildman–Crippen MR) is 148 cm³/mol. The number of aliphatic hydroxyl groups excluding tert-OH is 1. The predicted octanol–water partition coefficient (Wildman–Crippen LogP) is 7.60. The van der Waals surface area contributed by atoms with E-state index < -0.39 is 18.0 Å². The first-order chi connectivity index (χ1) is 19.0. The summed E-state index contributed by atoms with van der Waals surface area (Å²) in [4.78, 5) is 2.20. The van der Waals surface area contributed by atoms with Crippen LogP contribution in [-0.2, 0) is 19.6 Å². The van der Waals surface area contributed by atoms with E-state index in [4.69, 9.17) is 9.26 Å². The van der Waals surface area contributed by atoms with Gasteiger partial charge in [-0.25, -0.2) is 0 Å². The smallest absolute Gasteiger partial charge is 0.420 e. The molecule has 1 aromatic heterocycles. The van der Waals surface area contributed by atoms with Gasteiger partial charge in [-0.15, -0.1) is 0 Å². The van der Waals surface area contributed by atoms with Crippen LogP contribution in [0.1, 0.15) is 59.4 Å². The van der Waals surface area contributed by atoms with Gasteiger partial charge in [-0.1, -0.05) is 67.5 Å². The van der Waals surface area contributed by atoms with Crippen molar-refractivity contribution < 1.29 is 27.5 Å². The van der Waals surface area contributed by atoms with Crippen LogP contribution in [0, 0.1) is 6.92 Å². The number of nitrogens with zero attached hydrogens (tertiary/aromatic N) is 2. The zero-order valence-electron chi connectivity index (χ0n) is 23.0. The first-order valence-electron chi connectivity index (χ1n) is 13.4. The van der Waals surface area contributed by atoms with E-state index in [9.17, 15) is 18.3 Å². The minimum atomic E-state index is -4.91. The molecule has 1 aliphatic rings. The maximum atomic E-state index is 13.8. The molecule has 0 amide bonds. The molecule has 40 heavy (non-hydrogen) atoms. The molecule has 1 aliphatic heterocycles. The Morgan fingerprint density at radius 1 is 1.05 bits per heavy atom. The van der Waals surface area contributed by atoms with Crippen molar-refractivity contribution in [3.8, 4) is 28.2 Å². The number of aryl methyl sites for hydroxylation is 1. The first-order valence-corrected chi connectivity index (χ1v) is 13.4. The summed E-state index contributed by atoms with van der Waals surface area (Å²) in [5, 5.41) is 14.2. The van der Waals surface area contributed by atoms with Crippen molar-refractivity contribution in [1.29, 1.82) is 0 Å². The van der Waals surface area contributed by atoms with Crippen molar-refractivity contribution in [2.45, 2.75) is 58.5 Å². The summed E-state index contributed by atoms with van der Waals surface area (Å²) in [7, 11) is 2.04. The third-order valence-corrected chi connectivity index (χ3v) is 7.46. The van der Waals surface area contributed by atoms with E-state index in [0.29, 0.717) is 16.9 Å². The number of benzene rings is 3. The monoisotopic (exact) mass is 550 g/mol. The Morgan fingerprint density at radius 3 is 2.50 bits per heavy atom. The van der Waals surface area contributed by atoms with Gasteiger partial charge < -0.3 is 19.3 Å². The number of hydrogen-bond acceptors (Lipinski definition) is 5. The molecule has 8 heteroatoms. The summed E-state index contributed by atoms with van der Waals surface area (Å²) in [6.45, 7) is 7.96. The van der Waals surface area contributed by atoms with Crippen LogP contribution in [0.25, 0.3) is 22.5 Å². The molecule has 5 rings (SSSR count). The summed E-state index contributed by atoms with van der Waals surface area (Å²) in [6, 6.07) is 19.0. The molecule has 0 spiro atoms. The molecule has 2 heterocycles. The van der Waals surface area contributed by atoms with Gasteiger partial charge in [-0.05, 0) is 71.8 Å². The van der Waals surface area contributed by atoms with Gasteiger partial charge in [0.05, 0.1) is 11.1 Å². The molecule has 0 radical (unpaired) electrons. The number of aliphatic hydroxyl groups is 1. The topological polar surface area (TPSA) is 58.7 Å². The second kappa shape index (κ2) is 11.1. The maximum Gasteiger partial charge on any atom is 0.420 e. The molecular weight excluding hydrogens is 517 g/mol. The zero-order valence-corrected chi connectivity index (χ0v) is 23.0. The Bertz CT molecular complexity index is 1500. The summed E-state index contributed by atoms with van der Waals surface area (Å²) in [5.74, 6) is 0.751. The summed E-state index contributed by atoms with van der Waals surface area (Å²) >= 11 is 0. The average molecular weight is 551 g/mol. The third kappa shape index (κ3) is 5.64. The molecule has 0 saturated carbocycles. The third-order valence-electron chi connectivity index (χ3n) is 7.46. The molecule has 0 fully saturated rings. The van der Waals surface area contributed by atoms with Gasteiger partial charge >= 0.3 is 6.18 Å². The normalized spacial score (nSPS) is 14.8. The summed E-state index contributed by atoms with van der Waals surface area (Å²) in [5.41, 5.74) is 5.70. The average Bonchev–Trinajstić information content (AvgIpc) is 3.35. The highest BCUT2D eigenvalue weighted by molar-refractivity contribution is 5.85. The number of aromatic nitrogens is 1. The van der Waals surface area contributed by atoms with E-state index in [1.54, 1.807) is 6.07 Å². The van der Waals surface area contributed by atoms with Gasteiger partial charge in [0.15, 0.2) is 11.9 Å². The molecule has 0 bridgehead atoms. The maximum absolute atomic E-state index is 13.8. The van der Waals surface area contributed by atoms with Crippen molar-refractivity contribution in [2.75, 3.05) is 13.6 Å². The van der Waals surface area contributed by atoms with Crippen LogP contribution in [-0.4, -0.2) is 34.9 Å². The fraction of sp³-hybridized carbons (Fsp3) is 0.344. The van der Waals surface area contributed by atoms with Crippen molar-refractivity contribution in [3.63, 3.8) is 0 Å². The lowest BCUT2D eigenvalue weighted by atomic mass is 9.89. The number of hydrogen-bond donors (Lipinski definition) is 1. The van der Waals surface area contributed by atoms with Crippen LogP contribution in [0.2, 0.25) is 0 Å². The van der Waals surface area contributed by atoms with Gasteiger partial charge in [-0.3, -0.25) is 0 Å². The number of fused-ring (bicyclic) bond motifs is 1. The number of ether oxygens (including phenoxy) is 1. The van der Waals surface area contributed by atoms with Crippen LogP contribution >= 0.6 is 0 Å². The summed E-state index contributed by atoms with van der Waals surface area (Å²) < 4.78 is 53.4. The quantitative estimate of drug-likeness (QED) is 0.257. The lowest BCUT2D eigenvalue weighted by Crippen LogP contribution is -2.26. The van der Waals surface area contributed by atoms with Crippen LogP contribution in [0.5, 0.6) is 5.75 Å². The van der Waals surface area contributed by atoms with Crippen molar-refractivity contribution >= 4 is 0 Å². The van der Waals surface area contributed by atoms with Crippen LogP contribution in [0.4, 0.5) is 13.2 Å². The highest BCUT2D eigenvalue weighted by atomic mass is 19.4. The van der Waals surface area contributed by atoms with Gasteiger partial charge in [0.1, 0.15) is 18.1 Å². The van der Waals surface area contributed by atoms with E-state index in [1.807, 2.05) is 68.6 Å². The zero-order chi connectivity index (χ0) is 28.6. The Morgan fingerprint density at radius 2 is 1.80 bits per heavy atom. The molecule has 1 unspecified atom stereocenters. The Labute approximate surface area is 232 Å². The molecule has 1 atom stereocenters. The number of likely N-dealkylation sites (N-methyl/N-ethyl adjacent to an activating group) is 1. The minimum Gasteiger partial charge on any atom is -0.488 e. The molecule has 1 N–H and O–H groups in total. The highest BCUT2D eigenvalue weighted by Crippen LogP contribution is 2.46. The Hall–Kier alpha value is -3.62. The second-order valence-corrected chi connectivity index (χ2v) is 10.8. The number of alkyl halides is 3. The van der Waals surface area contributed by atoms with E-state index in [0.717, 1.165) is 47.3 Å². The van der Waals surface area contributed by atoms with E-state index >= 15 is 0 Å². The van der Waals surface area contributed by atoms with E-state index in [-0.39, 0.29) is 23.8 Å². The van der Waals surface area contributed by atoms with Crippen molar-refractivity contribution in [2.24, 2.45) is 0 Å². The van der Waals surface area contributed by atoms with Gasteiger partial charge in [0, 0.05) is 13.1 Å². The molecule has 4 aromatic rings. The van der Waals surface area contributed by atoms with Crippen molar-refractivity contribution in [3.05, 3.63) is 94.2 Å². The van der Waals surface area contributed by atoms with Crippen LogP contribution in [0.15, 0.2) is 65.2 Å². The largest absolute Gasteiger partial charge is 0.488 e. The molecule has 210 valence electrons. The molecule has 3 aromatic carbocycles. The fourth-order valence-electron chi connectivity index (χ4n) is 5.31. The molecule has 0 aliphatic carbocycles. The standard InChI is InChI=1S/C32H33F3N2O3/c1-19(2)25-16-26(27(14-20(25)3)39-18-21-8-6-5-7-9-21)30-28(29(36-40-30)31(38)32(33,34)35)23-10-11-24-17-37(4)13-12-22(24)15-23/h5-11,14-16,19,31,38H,12-13,17-18H2,1-4H3. The minimum absolute atomic E-state index is 0.120. The van der Waals surface area contributed by atoms with Crippen LogP contribution in [0.3, 0.4) is 0 Å². The lowest BCUT2D eigenvalue weighted by Gasteiger charge is -2.25. The summed E-state index contributed by atoms with van der Waals surface area (Å²) in [6.07, 6.45) is -6.95. The Kier molecular flexibility index (Phi) is 7.75. The second-order valence-electron chi connectivity index (χ2n) is 10.8. The number of rotatable bonds is 7. The van der Waals surface area contributed by atoms with Crippen molar-refractivity contribution in [1.82, 2.24) is 10.1 Å². The first kappa shape index (κ1) is 27.9. The van der Waals surface area contributed by atoms with Gasteiger partial charge in [-0.2, -0.15) is 13.2 Å². The van der Waals surface area contributed by atoms with E-state index in [1.165, 1.54) is 0 Å². The SMILES string of the molecule is Cc1cc(OCc2ccccc2)c(-c2onc(C(O)C(F)(F)F)c2-c2ccc3c(c2)CCN(C)C3)cc1C(C)C. The Balaban J connectivity index is 1.69. The van der Waals surface area contributed by atoms with Gasteiger partial charge in [0.2, 0.25) is 0 Å². The van der Waals surface area contributed by atoms with Crippen LogP contribution < -0.4 is 4.74 Å². The highest BCUT2D eigenvalue weighted by Gasteiger charge is 2.44. The lowest BCUT2D eigenvalue weighted by molar-refractivity contribution is -0.208. The van der Waals surface area contributed by atoms with Gasteiger partial charge in [0.25, 0.3) is 0 Å². The molecular formula is C32H33F3N2O3. The van der Waals surface area contributed by atoms with E-state index in [2.05, 4.69) is 23.9 Å². The fourth-order valence-corrected chi connectivity index (χ4v) is 5.31. The molecule has 0 saturated heterocycles. The molecule has 5 nitrogen and oxygen atoms in total. The number of halogens is 3.